The Morgan fingerprint density at radius 1 is 0.939 bits per heavy atom. The molecule has 0 spiro atoms. The maximum atomic E-state index is 13.4. The molecule has 2 amide bonds. The molecule has 1 aromatic carbocycles. The first kappa shape index (κ1) is 24.4. The van der Waals surface area contributed by atoms with E-state index >= 15 is 0 Å². The third kappa shape index (κ3) is 6.85. The van der Waals surface area contributed by atoms with E-state index in [2.05, 4.69) is 6.92 Å². The van der Waals surface area contributed by atoms with Crippen molar-refractivity contribution in [3.63, 3.8) is 0 Å². The number of unbranched alkanes of at least 4 members (excludes halogenated alkanes) is 1. The molecule has 0 atom stereocenters. The van der Waals surface area contributed by atoms with Crippen LogP contribution in [0.4, 0.5) is 0 Å². The standard InChI is InChI=1S/C27H35N3O3/c1-4-6-9-22-12-14-23(15-13-22)27(32)29(16-5-2)21-26(31)30(20-25-11-8-18-33-25)19-24-10-7-17-28(24)3/h7-8,10-15,17-18H,4-6,9,16,19-21H2,1-3H3. The number of amides is 2. The Balaban J connectivity index is 1.73. The lowest BCUT2D eigenvalue weighted by Gasteiger charge is -2.27. The second kappa shape index (κ2) is 12.1. The van der Waals surface area contributed by atoms with Gasteiger partial charge in [0.05, 0.1) is 19.4 Å². The molecule has 2 heterocycles. The minimum absolute atomic E-state index is 0.0371. The first-order chi connectivity index (χ1) is 16.0. The fraction of sp³-hybridized carbons (Fsp3) is 0.407. The maximum absolute atomic E-state index is 13.4. The number of hydrogen-bond acceptors (Lipinski definition) is 3. The second-order valence-corrected chi connectivity index (χ2v) is 8.47. The molecule has 0 bridgehead atoms. The molecule has 0 aliphatic rings. The van der Waals surface area contributed by atoms with Gasteiger partial charge in [0.25, 0.3) is 5.91 Å². The Morgan fingerprint density at radius 3 is 2.33 bits per heavy atom. The van der Waals surface area contributed by atoms with Gasteiger partial charge in [0.2, 0.25) is 5.91 Å². The predicted molar refractivity (Wildman–Crippen MR) is 130 cm³/mol. The molecule has 3 rings (SSSR count). The minimum Gasteiger partial charge on any atom is -0.467 e. The fourth-order valence-electron chi connectivity index (χ4n) is 3.84. The van der Waals surface area contributed by atoms with Crippen LogP contribution in [0.5, 0.6) is 0 Å². The number of carbonyl (C=O) groups excluding carboxylic acids is 2. The number of carbonyl (C=O) groups is 2. The molecule has 0 unspecified atom stereocenters. The highest BCUT2D eigenvalue weighted by Crippen LogP contribution is 2.14. The Labute approximate surface area is 196 Å². The zero-order valence-corrected chi connectivity index (χ0v) is 20.0. The van der Waals surface area contributed by atoms with Crippen molar-refractivity contribution in [1.29, 1.82) is 0 Å². The van der Waals surface area contributed by atoms with Crippen LogP contribution in [-0.2, 0) is 31.4 Å². The summed E-state index contributed by atoms with van der Waals surface area (Å²) >= 11 is 0. The first-order valence-corrected chi connectivity index (χ1v) is 11.8. The number of rotatable bonds is 12. The molecule has 0 saturated carbocycles. The molecule has 0 N–H and O–H groups in total. The van der Waals surface area contributed by atoms with Crippen molar-refractivity contribution in [1.82, 2.24) is 14.4 Å². The molecule has 6 heteroatoms. The van der Waals surface area contributed by atoms with E-state index < -0.39 is 0 Å². The van der Waals surface area contributed by atoms with Crippen molar-refractivity contribution in [2.45, 2.75) is 52.6 Å². The summed E-state index contributed by atoms with van der Waals surface area (Å²) in [6.45, 7) is 5.56. The molecule has 0 saturated heterocycles. The van der Waals surface area contributed by atoms with Gasteiger partial charge < -0.3 is 18.8 Å². The van der Waals surface area contributed by atoms with E-state index in [1.807, 2.05) is 73.3 Å². The minimum atomic E-state index is -0.107. The van der Waals surface area contributed by atoms with E-state index in [0.717, 1.165) is 31.4 Å². The molecule has 0 aliphatic carbocycles. The highest BCUT2D eigenvalue weighted by atomic mass is 16.3. The summed E-state index contributed by atoms with van der Waals surface area (Å²) < 4.78 is 7.49. The van der Waals surface area contributed by atoms with E-state index in [4.69, 9.17) is 4.42 Å². The molecule has 0 aliphatic heterocycles. The van der Waals surface area contributed by atoms with Gasteiger partial charge in [0, 0.05) is 31.0 Å². The van der Waals surface area contributed by atoms with E-state index in [9.17, 15) is 9.59 Å². The number of aromatic nitrogens is 1. The molecule has 2 aromatic heterocycles. The quantitative estimate of drug-likeness (QED) is 0.389. The van der Waals surface area contributed by atoms with Crippen molar-refractivity contribution in [3.05, 3.63) is 83.6 Å². The van der Waals surface area contributed by atoms with Crippen LogP contribution in [0.2, 0.25) is 0 Å². The Hall–Kier alpha value is -3.28. The molecular formula is C27H35N3O3. The summed E-state index contributed by atoms with van der Waals surface area (Å²) in [6, 6.07) is 15.4. The van der Waals surface area contributed by atoms with Gasteiger partial charge in [-0.15, -0.1) is 0 Å². The van der Waals surface area contributed by atoms with E-state index in [0.29, 0.717) is 31.0 Å². The van der Waals surface area contributed by atoms with Gasteiger partial charge in [-0.05, 0) is 61.2 Å². The van der Waals surface area contributed by atoms with Gasteiger partial charge in [0.15, 0.2) is 0 Å². The lowest BCUT2D eigenvalue weighted by atomic mass is 10.1. The van der Waals surface area contributed by atoms with Crippen LogP contribution in [0.25, 0.3) is 0 Å². The van der Waals surface area contributed by atoms with E-state index in [-0.39, 0.29) is 18.4 Å². The normalized spacial score (nSPS) is 10.9. The highest BCUT2D eigenvalue weighted by Gasteiger charge is 2.23. The smallest absolute Gasteiger partial charge is 0.254 e. The van der Waals surface area contributed by atoms with Crippen LogP contribution in [0, 0.1) is 0 Å². The SMILES string of the molecule is CCCCc1ccc(C(=O)N(CCC)CC(=O)N(Cc2ccco2)Cc2cccn2C)cc1. The maximum Gasteiger partial charge on any atom is 0.254 e. The molecule has 0 fully saturated rings. The molecule has 33 heavy (non-hydrogen) atoms. The first-order valence-electron chi connectivity index (χ1n) is 11.8. The zero-order chi connectivity index (χ0) is 23.6. The van der Waals surface area contributed by atoms with Crippen molar-refractivity contribution in [2.75, 3.05) is 13.1 Å². The lowest BCUT2D eigenvalue weighted by molar-refractivity contribution is -0.133. The summed E-state index contributed by atoms with van der Waals surface area (Å²) in [5.41, 5.74) is 2.88. The summed E-state index contributed by atoms with van der Waals surface area (Å²) in [6.07, 6.45) is 7.65. The summed E-state index contributed by atoms with van der Waals surface area (Å²) in [4.78, 5) is 30.0. The summed E-state index contributed by atoms with van der Waals surface area (Å²) in [7, 11) is 1.96. The summed E-state index contributed by atoms with van der Waals surface area (Å²) in [5.74, 6) is 0.506. The molecule has 6 nitrogen and oxygen atoms in total. The molecule has 0 radical (unpaired) electrons. The topological polar surface area (TPSA) is 58.7 Å². The number of nitrogens with zero attached hydrogens (tertiary/aromatic N) is 3. The summed E-state index contributed by atoms with van der Waals surface area (Å²) in [5, 5.41) is 0. The van der Waals surface area contributed by atoms with E-state index in [1.165, 1.54) is 5.56 Å². The Bertz CT molecular complexity index is 1010. The van der Waals surface area contributed by atoms with Gasteiger partial charge in [0.1, 0.15) is 12.3 Å². The van der Waals surface area contributed by atoms with Gasteiger partial charge in [-0.25, -0.2) is 0 Å². The molecular weight excluding hydrogens is 414 g/mol. The lowest BCUT2D eigenvalue weighted by Crippen LogP contribution is -2.43. The van der Waals surface area contributed by atoms with Gasteiger partial charge in [-0.2, -0.15) is 0 Å². The molecule has 176 valence electrons. The van der Waals surface area contributed by atoms with Gasteiger partial charge in [-0.3, -0.25) is 9.59 Å². The van der Waals surface area contributed by atoms with Crippen molar-refractivity contribution >= 4 is 11.8 Å². The fourth-order valence-corrected chi connectivity index (χ4v) is 3.84. The zero-order valence-electron chi connectivity index (χ0n) is 20.0. The van der Waals surface area contributed by atoms with Crippen molar-refractivity contribution in [2.24, 2.45) is 7.05 Å². The van der Waals surface area contributed by atoms with Gasteiger partial charge >= 0.3 is 0 Å². The third-order valence-corrected chi connectivity index (χ3v) is 5.81. The van der Waals surface area contributed by atoms with Crippen LogP contribution in [0.15, 0.2) is 65.4 Å². The van der Waals surface area contributed by atoms with Gasteiger partial charge in [-0.1, -0.05) is 32.4 Å². The largest absolute Gasteiger partial charge is 0.467 e. The van der Waals surface area contributed by atoms with Crippen molar-refractivity contribution in [3.8, 4) is 0 Å². The predicted octanol–water partition coefficient (Wildman–Crippen LogP) is 5.04. The number of furan rings is 1. The number of benzene rings is 1. The third-order valence-electron chi connectivity index (χ3n) is 5.81. The Kier molecular flexibility index (Phi) is 8.93. The monoisotopic (exact) mass is 449 g/mol. The average Bonchev–Trinajstić information content (AvgIpc) is 3.48. The Morgan fingerprint density at radius 2 is 1.73 bits per heavy atom. The van der Waals surface area contributed by atoms with Crippen LogP contribution in [0.1, 0.15) is 60.5 Å². The second-order valence-electron chi connectivity index (χ2n) is 8.47. The number of hydrogen-bond donors (Lipinski definition) is 0. The molecule has 3 aromatic rings. The van der Waals surface area contributed by atoms with Crippen LogP contribution >= 0.6 is 0 Å². The van der Waals surface area contributed by atoms with Crippen LogP contribution in [0.3, 0.4) is 0 Å². The number of aryl methyl sites for hydroxylation is 2. The van der Waals surface area contributed by atoms with E-state index in [1.54, 1.807) is 16.1 Å². The van der Waals surface area contributed by atoms with Crippen LogP contribution < -0.4 is 0 Å². The average molecular weight is 450 g/mol. The van der Waals surface area contributed by atoms with Crippen LogP contribution in [-0.4, -0.2) is 39.3 Å². The highest BCUT2D eigenvalue weighted by molar-refractivity contribution is 5.96. The van der Waals surface area contributed by atoms with Crippen molar-refractivity contribution < 1.29 is 14.0 Å².